The topological polar surface area (TPSA) is 86.8 Å². The first-order valence-electron chi connectivity index (χ1n) is 5.35. The van der Waals surface area contributed by atoms with Gasteiger partial charge in [0.1, 0.15) is 5.82 Å². The predicted molar refractivity (Wildman–Crippen MR) is 63.7 cm³/mol. The number of halogens is 1. The molecule has 0 saturated heterocycles. The molecular weight excluding hydrogens is 275 g/mol. The molecule has 0 atom stereocenters. The van der Waals surface area contributed by atoms with Crippen molar-refractivity contribution in [1.29, 1.82) is 0 Å². The lowest BCUT2D eigenvalue weighted by atomic mass is 10.4. The van der Waals surface area contributed by atoms with Crippen LogP contribution in [0.4, 0.5) is 4.39 Å². The maximum absolute atomic E-state index is 12.7. The summed E-state index contributed by atoms with van der Waals surface area (Å²) in [6.45, 7) is -0.105. The van der Waals surface area contributed by atoms with Crippen LogP contribution in [0.25, 0.3) is 0 Å². The maximum Gasteiger partial charge on any atom is 0.363 e. The Bertz CT molecular complexity index is 733. The number of rotatable bonds is 4. The van der Waals surface area contributed by atoms with E-state index < -0.39 is 21.3 Å². The minimum absolute atomic E-state index is 0.00541. The van der Waals surface area contributed by atoms with E-state index >= 15 is 0 Å². The Morgan fingerprint density at radius 3 is 2.37 bits per heavy atom. The average Bonchev–Trinajstić information content (AvgIpc) is 2.68. The highest BCUT2D eigenvalue weighted by Crippen LogP contribution is 2.11. The molecule has 0 amide bonds. The molecule has 0 aliphatic rings. The number of nitrogens with zero attached hydrogens (tertiary/aromatic N) is 4. The average molecular weight is 286 g/mol. The second kappa shape index (κ2) is 4.92. The van der Waals surface area contributed by atoms with Gasteiger partial charge >= 0.3 is 5.69 Å². The van der Waals surface area contributed by atoms with Gasteiger partial charge in [-0.2, -0.15) is 9.36 Å². The fourth-order valence-electron chi connectivity index (χ4n) is 1.46. The van der Waals surface area contributed by atoms with Crippen LogP contribution in [0.1, 0.15) is 0 Å². The van der Waals surface area contributed by atoms with Crippen LogP contribution in [0.2, 0.25) is 0 Å². The van der Waals surface area contributed by atoms with Gasteiger partial charge in [0.25, 0.3) is 0 Å². The fourth-order valence-corrected chi connectivity index (χ4v) is 2.66. The molecule has 19 heavy (non-hydrogen) atoms. The minimum Gasteiger partial charge on any atom is -0.244 e. The lowest BCUT2D eigenvalue weighted by Crippen LogP contribution is -2.26. The Morgan fingerprint density at radius 1 is 1.21 bits per heavy atom. The first kappa shape index (κ1) is 13.4. The predicted octanol–water partition coefficient (Wildman–Crippen LogP) is -0.410. The van der Waals surface area contributed by atoms with E-state index in [1.807, 2.05) is 0 Å². The van der Waals surface area contributed by atoms with Gasteiger partial charge in [0, 0.05) is 7.05 Å². The summed E-state index contributed by atoms with van der Waals surface area (Å²) in [4.78, 5) is 11.4. The van der Waals surface area contributed by atoms with Crippen molar-refractivity contribution in [3.05, 3.63) is 40.6 Å². The number of sulfone groups is 1. The molecule has 0 saturated carbocycles. The molecular formula is C10H11FN4O3S. The lowest BCUT2D eigenvalue weighted by molar-refractivity contribution is 0.569. The van der Waals surface area contributed by atoms with E-state index in [1.165, 1.54) is 19.2 Å². The van der Waals surface area contributed by atoms with Gasteiger partial charge in [-0.3, -0.25) is 0 Å². The molecule has 2 rings (SSSR count). The maximum atomic E-state index is 12.7. The van der Waals surface area contributed by atoms with E-state index in [9.17, 15) is 17.6 Å². The van der Waals surface area contributed by atoms with Crippen molar-refractivity contribution < 1.29 is 12.8 Å². The summed E-state index contributed by atoms with van der Waals surface area (Å²) in [6.07, 6.45) is 0. The molecule has 0 radical (unpaired) electrons. The third kappa shape index (κ3) is 2.87. The zero-order chi connectivity index (χ0) is 14.0. The second-order valence-corrected chi connectivity index (χ2v) is 5.99. The quantitative estimate of drug-likeness (QED) is 0.713. The van der Waals surface area contributed by atoms with Crippen LogP contribution in [-0.2, 0) is 23.4 Å². The van der Waals surface area contributed by atoms with Gasteiger partial charge in [-0.1, -0.05) is 0 Å². The van der Waals surface area contributed by atoms with Crippen LogP contribution in [0.3, 0.4) is 0 Å². The van der Waals surface area contributed by atoms with Crippen LogP contribution in [0.15, 0.2) is 34.0 Å². The minimum atomic E-state index is -3.59. The Kier molecular flexibility index (Phi) is 3.47. The van der Waals surface area contributed by atoms with Gasteiger partial charge in [-0.15, -0.1) is 0 Å². The van der Waals surface area contributed by atoms with E-state index in [0.717, 1.165) is 21.5 Å². The Balaban J connectivity index is 2.16. The van der Waals surface area contributed by atoms with E-state index in [0.29, 0.717) is 0 Å². The summed E-state index contributed by atoms with van der Waals surface area (Å²) in [5, 5.41) is 6.99. The highest BCUT2D eigenvalue weighted by Gasteiger charge is 2.16. The van der Waals surface area contributed by atoms with Crippen molar-refractivity contribution in [1.82, 2.24) is 19.8 Å². The summed E-state index contributed by atoms with van der Waals surface area (Å²) in [6, 6.07) is 4.51. The molecule has 0 unspecified atom stereocenters. The van der Waals surface area contributed by atoms with Crippen molar-refractivity contribution >= 4 is 9.84 Å². The van der Waals surface area contributed by atoms with Gasteiger partial charge in [-0.05, 0) is 34.7 Å². The summed E-state index contributed by atoms with van der Waals surface area (Å²) in [5.74, 6) is -0.818. The van der Waals surface area contributed by atoms with Crippen LogP contribution < -0.4 is 5.69 Å². The van der Waals surface area contributed by atoms with Crippen molar-refractivity contribution in [3.63, 3.8) is 0 Å². The number of tetrazole rings is 1. The SMILES string of the molecule is Cn1nnn(CCS(=O)(=O)c2ccc(F)cc2)c1=O. The van der Waals surface area contributed by atoms with E-state index in [4.69, 9.17) is 0 Å². The molecule has 0 spiro atoms. The van der Waals surface area contributed by atoms with Crippen LogP contribution in [0.5, 0.6) is 0 Å². The van der Waals surface area contributed by atoms with Gasteiger partial charge in [0.15, 0.2) is 9.84 Å². The van der Waals surface area contributed by atoms with Crippen LogP contribution in [0, 0.1) is 5.82 Å². The zero-order valence-corrected chi connectivity index (χ0v) is 10.8. The number of aromatic nitrogens is 4. The van der Waals surface area contributed by atoms with Crippen molar-refractivity contribution in [2.45, 2.75) is 11.4 Å². The molecule has 0 aliphatic heterocycles. The summed E-state index contributed by atoms with van der Waals surface area (Å²) >= 11 is 0. The summed E-state index contributed by atoms with van der Waals surface area (Å²) in [7, 11) is -2.17. The molecule has 0 fully saturated rings. The Labute approximate surface area is 108 Å². The zero-order valence-electron chi connectivity index (χ0n) is 10.0. The summed E-state index contributed by atoms with van der Waals surface area (Å²) in [5.41, 5.74) is -0.491. The number of aryl methyl sites for hydroxylation is 2. The standard InChI is InChI=1S/C10H11FN4O3S/c1-14-10(16)15(13-12-14)6-7-19(17,18)9-4-2-8(11)3-5-9/h2-5H,6-7H2,1H3. The third-order valence-corrected chi connectivity index (χ3v) is 4.23. The van der Waals surface area contributed by atoms with Crippen LogP contribution in [-0.4, -0.2) is 34.0 Å². The number of benzene rings is 1. The van der Waals surface area contributed by atoms with Crippen LogP contribution >= 0.6 is 0 Å². The lowest BCUT2D eigenvalue weighted by Gasteiger charge is -2.03. The first-order chi connectivity index (χ1) is 8.90. The van der Waals surface area contributed by atoms with Crippen molar-refractivity contribution in [2.24, 2.45) is 7.05 Å². The smallest absolute Gasteiger partial charge is 0.244 e. The molecule has 1 aromatic heterocycles. The molecule has 2 aromatic rings. The number of hydrogen-bond donors (Lipinski definition) is 0. The highest BCUT2D eigenvalue weighted by atomic mass is 32.2. The highest BCUT2D eigenvalue weighted by molar-refractivity contribution is 7.91. The summed E-state index contributed by atoms with van der Waals surface area (Å²) < 4.78 is 38.6. The molecule has 102 valence electrons. The third-order valence-electron chi connectivity index (χ3n) is 2.52. The monoisotopic (exact) mass is 286 g/mol. The van der Waals surface area contributed by atoms with Gasteiger partial charge in [-0.25, -0.2) is 17.6 Å². The molecule has 7 nitrogen and oxygen atoms in total. The van der Waals surface area contributed by atoms with Crippen molar-refractivity contribution in [3.8, 4) is 0 Å². The van der Waals surface area contributed by atoms with Crippen molar-refractivity contribution in [2.75, 3.05) is 5.75 Å². The molecule has 1 aromatic carbocycles. The molecule has 1 heterocycles. The van der Waals surface area contributed by atoms with Gasteiger partial charge < -0.3 is 0 Å². The second-order valence-electron chi connectivity index (χ2n) is 3.88. The molecule has 0 bridgehead atoms. The normalized spacial score (nSPS) is 11.7. The Morgan fingerprint density at radius 2 is 1.84 bits per heavy atom. The van der Waals surface area contributed by atoms with E-state index in [2.05, 4.69) is 10.4 Å². The molecule has 0 N–H and O–H groups in total. The first-order valence-corrected chi connectivity index (χ1v) is 7.00. The molecule has 0 aliphatic carbocycles. The van der Waals surface area contributed by atoms with Gasteiger partial charge in [0.05, 0.1) is 17.2 Å². The fraction of sp³-hybridized carbons (Fsp3) is 0.300. The Hall–Kier alpha value is -2.03. The van der Waals surface area contributed by atoms with Gasteiger partial charge in [0.2, 0.25) is 0 Å². The number of hydrogen-bond acceptors (Lipinski definition) is 5. The molecule has 9 heteroatoms. The van der Waals surface area contributed by atoms with E-state index in [-0.39, 0.29) is 17.2 Å². The largest absolute Gasteiger partial charge is 0.363 e. The van der Waals surface area contributed by atoms with E-state index in [1.54, 1.807) is 0 Å².